The minimum atomic E-state index is -0.690. The number of nitrogens with two attached hydrogens (primary N) is 1. The number of H-pyrrole nitrogens is 1. The highest BCUT2D eigenvalue weighted by molar-refractivity contribution is 5.90. The average molecular weight is 505 g/mol. The summed E-state index contributed by atoms with van der Waals surface area (Å²) in [5.41, 5.74) is 10.4. The van der Waals surface area contributed by atoms with Crippen LogP contribution in [0.25, 0.3) is 33.0 Å². The summed E-state index contributed by atoms with van der Waals surface area (Å²) in [6.07, 6.45) is 1.91. The topological polar surface area (TPSA) is 84.2 Å². The molecule has 192 valence electrons. The molecular formula is C29H30F2N4O2. The molecule has 3 N–H and O–H groups in total. The number of anilines is 1. The number of aryl methyl sites for hydroxylation is 1. The van der Waals surface area contributed by atoms with Gasteiger partial charge < -0.3 is 20.4 Å². The summed E-state index contributed by atoms with van der Waals surface area (Å²) >= 11 is 0. The van der Waals surface area contributed by atoms with Crippen LogP contribution in [-0.2, 0) is 11.3 Å². The van der Waals surface area contributed by atoms with Crippen molar-refractivity contribution < 1.29 is 13.5 Å². The lowest BCUT2D eigenvalue weighted by Crippen LogP contribution is -2.18. The van der Waals surface area contributed by atoms with Crippen LogP contribution in [0.5, 0.6) is 0 Å². The first-order valence-corrected chi connectivity index (χ1v) is 12.4. The summed E-state index contributed by atoms with van der Waals surface area (Å²) in [5.74, 6) is -1.01. The van der Waals surface area contributed by atoms with Crippen LogP contribution >= 0.6 is 0 Å². The number of halogens is 2. The van der Waals surface area contributed by atoms with Crippen molar-refractivity contribution in [1.29, 1.82) is 0 Å². The maximum Gasteiger partial charge on any atom is 0.258 e. The summed E-state index contributed by atoms with van der Waals surface area (Å²) in [6, 6.07) is 12.2. The van der Waals surface area contributed by atoms with Gasteiger partial charge in [0.1, 0.15) is 11.6 Å². The lowest BCUT2D eigenvalue weighted by molar-refractivity contribution is 0.0850. The summed E-state index contributed by atoms with van der Waals surface area (Å²) in [6.45, 7) is 3.91. The molecule has 2 aromatic heterocycles. The standard InChI is InChI=1S/C29H30F2N4O2/c1-16-10-20-12-19(13-25(30)26(20)29(36)33-16)24-14-23(27(31)34-28(24)32)18-4-5-22(17-6-8-37-9-7-17)21(11-18)15-35(2)3/h4-5,10-14,17H,6-9,15H2,1-3H3,(H2,32,34)(H,33,36). The molecule has 4 aromatic rings. The minimum absolute atomic E-state index is 0.0276. The smallest absolute Gasteiger partial charge is 0.258 e. The fourth-order valence-electron chi connectivity index (χ4n) is 5.24. The van der Waals surface area contributed by atoms with Crippen LogP contribution in [-0.4, -0.2) is 42.2 Å². The molecule has 1 saturated heterocycles. The number of nitrogen functional groups attached to an aromatic ring is 1. The van der Waals surface area contributed by atoms with E-state index in [1.165, 1.54) is 11.6 Å². The first kappa shape index (κ1) is 25.0. The second-order valence-corrected chi connectivity index (χ2v) is 10.0. The van der Waals surface area contributed by atoms with Crippen LogP contribution in [0.1, 0.15) is 35.6 Å². The maximum absolute atomic E-state index is 15.2. The molecule has 1 aliphatic heterocycles. The van der Waals surface area contributed by atoms with E-state index >= 15 is 4.39 Å². The van der Waals surface area contributed by atoms with E-state index in [4.69, 9.17) is 10.5 Å². The molecule has 37 heavy (non-hydrogen) atoms. The van der Waals surface area contributed by atoms with Gasteiger partial charge in [0, 0.05) is 36.6 Å². The van der Waals surface area contributed by atoms with Crippen molar-refractivity contribution in [2.75, 3.05) is 33.0 Å². The number of fused-ring (bicyclic) bond motifs is 1. The normalized spacial score (nSPS) is 14.5. The Kier molecular flexibility index (Phi) is 6.79. The van der Waals surface area contributed by atoms with Crippen molar-refractivity contribution in [2.45, 2.75) is 32.2 Å². The Morgan fingerprint density at radius 1 is 1.05 bits per heavy atom. The van der Waals surface area contributed by atoms with Crippen LogP contribution in [0.15, 0.2) is 47.3 Å². The molecule has 1 aliphatic rings. The van der Waals surface area contributed by atoms with Crippen molar-refractivity contribution >= 4 is 16.6 Å². The molecule has 5 rings (SSSR count). The average Bonchev–Trinajstić information content (AvgIpc) is 2.83. The van der Waals surface area contributed by atoms with Gasteiger partial charge in [-0.3, -0.25) is 4.79 Å². The largest absolute Gasteiger partial charge is 0.383 e. The molecule has 3 heterocycles. The first-order chi connectivity index (χ1) is 17.7. The minimum Gasteiger partial charge on any atom is -0.383 e. The predicted octanol–water partition coefficient (Wildman–Crippen LogP) is 5.38. The molecular weight excluding hydrogens is 474 g/mol. The van der Waals surface area contributed by atoms with Crippen LogP contribution in [0.2, 0.25) is 0 Å². The molecule has 0 spiro atoms. The highest BCUT2D eigenvalue weighted by atomic mass is 19.1. The molecule has 0 unspecified atom stereocenters. The molecule has 0 atom stereocenters. The maximum atomic E-state index is 15.2. The van der Waals surface area contributed by atoms with Gasteiger partial charge in [0.25, 0.3) is 5.56 Å². The van der Waals surface area contributed by atoms with Crippen LogP contribution < -0.4 is 11.3 Å². The predicted molar refractivity (Wildman–Crippen MR) is 142 cm³/mol. The SMILES string of the molecule is Cc1cc2cc(-c3cc(-c4ccc(C5CCOCC5)c(CN(C)C)c4)c(F)nc3N)cc(F)c2c(=O)[nH]1. The van der Waals surface area contributed by atoms with Gasteiger partial charge in [0.15, 0.2) is 0 Å². The summed E-state index contributed by atoms with van der Waals surface area (Å²) in [5, 5.41) is 0.413. The van der Waals surface area contributed by atoms with E-state index in [9.17, 15) is 9.18 Å². The third-order valence-electron chi connectivity index (χ3n) is 6.95. The van der Waals surface area contributed by atoms with E-state index in [1.54, 1.807) is 25.1 Å². The molecule has 8 heteroatoms. The third-order valence-corrected chi connectivity index (χ3v) is 6.95. The van der Waals surface area contributed by atoms with Gasteiger partial charge >= 0.3 is 0 Å². The van der Waals surface area contributed by atoms with E-state index in [1.807, 2.05) is 26.2 Å². The summed E-state index contributed by atoms with van der Waals surface area (Å²) < 4.78 is 35.7. The quantitative estimate of drug-likeness (QED) is 0.357. The summed E-state index contributed by atoms with van der Waals surface area (Å²) in [4.78, 5) is 21.0. The number of aromatic amines is 1. The Morgan fingerprint density at radius 3 is 2.54 bits per heavy atom. The number of rotatable bonds is 5. The van der Waals surface area contributed by atoms with Crippen molar-refractivity contribution in [3.8, 4) is 22.3 Å². The Balaban J connectivity index is 1.63. The zero-order chi connectivity index (χ0) is 26.3. The summed E-state index contributed by atoms with van der Waals surface area (Å²) in [7, 11) is 4.01. The monoisotopic (exact) mass is 504 g/mol. The zero-order valence-corrected chi connectivity index (χ0v) is 21.2. The van der Waals surface area contributed by atoms with Gasteiger partial charge in [-0.2, -0.15) is 4.39 Å². The van der Waals surface area contributed by atoms with Crippen molar-refractivity contribution in [3.05, 3.63) is 81.4 Å². The molecule has 1 fully saturated rings. The molecule has 0 amide bonds. The Bertz CT molecular complexity index is 1540. The number of benzene rings is 2. The molecule has 0 aliphatic carbocycles. The second-order valence-electron chi connectivity index (χ2n) is 10.0. The number of hydrogen-bond donors (Lipinski definition) is 2. The van der Waals surface area contributed by atoms with E-state index in [2.05, 4.69) is 20.9 Å². The second kappa shape index (κ2) is 10.0. The van der Waals surface area contributed by atoms with E-state index in [0.29, 0.717) is 40.2 Å². The van der Waals surface area contributed by atoms with Crippen molar-refractivity contribution in [1.82, 2.24) is 14.9 Å². The number of pyridine rings is 2. The van der Waals surface area contributed by atoms with Gasteiger partial charge in [-0.25, -0.2) is 9.37 Å². The molecule has 0 radical (unpaired) electrons. The van der Waals surface area contributed by atoms with Crippen LogP contribution in [0.3, 0.4) is 0 Å². The zero-order valence-electron chi connectivity index (χ0n) is 21.2. The van der Waals surface area contributed by atoms with E-state index in [0.717, 1.165) is 31.6 Å². The Labute approximate surface area is 214 Å². The molecule has 0 bridgehead atoms. The number of hydrogen-bond acceptors (Lipinski definition) is 5. The van der Waals surface area contributed by atoms with Crippen molar-refractivity contribution in [2.24, 2.45) is 0 Å². The van der Waals surface area contributed by atoms with Gasteiger partial charge in [-0.1, -0.05) is 12.1 Å². The van der Waals surface area contributed by atoms with Gasteiger partial charge in [0.2, 0.25) is 5.95 Å². The molecule has 2 aromatic carbocycles. The molecule has 0 saturated carbocycles. The lowest BCUT2D eigenvalue weighted by Gasteiger charge is -2.26. The Morgan fingerprint density at radius 2 is 1.81 bits per heavy atom. The van der Waals surface area contributed by atoms with Crippen molar-refractivity contribution in [3.63, 3.8) is 0 Å². The number of ether oxygens (including phenoxy) is 1. The molecule has 6 nitrogen and oxygen atoms in total. The fourth-order valence-corrected chi connectivity index (χ4v) is 5.24. The van der Waals surface area contributed by atoms with Crippen LogP contribution in [0.4, 0.5) is 14.6 Å². The van der Waals surface area contributed by atoms with E-state index < -0.39 is 17.3 Å². The van der Waals surface area contributed by atoms with Crippen LogP contribution in [0, 0.1) is 18.7 Å². The third kappa shape index (κ3) is 4.99. The van der Waals surface area contributed by atoms with Gasteiger partial charge in [0.05, 0.1) is 5.39 Å². The van der Waals surface area contributed by atoms with Gasteiger partial charge in [-0.05, 0) is 97.8 Å². The highest BCUT2D eigenvalue weighted by Crippen LogP contribution is 2.36. The fraction of sp³-hybridized carbons (Fsp3) is 0.310. The van der Waals surface area contributed by atoms with Gasteiger partial charge in [-0.15, -0.1) is 0 Å². The highest BCUT2D eigenvalue weighted by Gasteiger charge is 2.21. The Hall–Kier alpha value is -3.62. The first-order valence-electron chi connectivity index (χ1n) is 12.4. The number of aromatic nitrogens is 2. The number of nitrogens with one attached hydrogen (secondary N) is 1. The van der Waals surface area contributed by atoms with E-state index in [-0.39, 0.29) is 16.8 Å². The lowest BCUT2D eigenvalue weighted by atomic mass is 9.86. The number of nitrogens with zero attached hydrogens (tertiary/aromatic N) is 2.